The molecule has 0 saturated heterocycles. The van der Waals surface area contributed by atoms with E-state index in [2.05, 4.69) is 20.9 Å². The molecule has 0 aliphatic heterocycles. The molecule has 0 radical (unpaired) electrons. The van der Waals surface area contributed by atoms with Crippen molar-refractivity contribution < 1.29 is 28.6 Å². The minimum Gasteiger partial charge on any atom is -0.490 e. The fourth-order valence-corrected chi connectivity index (χ4v) is 5.01. The average Bonchev–Trinajstić information content (AvgIpc) is 3.00. The van der Waals surface area contributed by atoms with Crippen molar-refractivity contribution in [2.24, 2.45) is 0 Å². The van der Waals surface area contributed by atoms with Crippen LogP contribution in [-0.2, 0) is 19.1 Å². The Bertz CT molecular complexity index is 1690. The van der Waals surface area contributed by atoms with Crippen LogP contribution in [0.3, 0.4) is 0 Å². The largest absolute Gasteiger partial charge is 0.490 e. The van der Waals surface area contributed by atoms with Gasteiger partial charge in [0.2, 0.25) is 11.8 Å². The van der Waals surface area contributed by atoms with E-state index in [9.17, 15) is 14.4 Å². The van der Waals surface area contributed by atoms with Gasteiger partial charge in [-0.25, -0.2) is 4.98 Å². The molecule has 4 rings (SSSR count). The standard InChI is InChI=1S/C35H41N5O6/c1-6-44-31-19-25(11-14-30(31)46-21(3)4)33(39-27-12-13-28-23(17-27)15-16-37-34(28)36)35(43)40-29(20-32(42)45-7-2)24-9-8-10-26(18-24)38-22(5)41/h8-19,21,29,33,39H,6-7,20H2,1-5H3,(H2,36,37)(H,38,41)(H,40,43)/t29-,33?/m1/s1. The quantitative estimate of drug-likeness (QED) is 0.125. The van der Waals surface area contributed by atoms with Crippen molar-refractivity contribution in [2.75, 3.05) is 29.6 Å². The van der Waals surface area contributed by atoms with Crippen LogP contribution in [0.1, 0.15) is 64.3 Å². The highest BCUT2D eigenvalue weighted by Crippen LogP contribution is 2.34. The highest BCUT2D eigenvalue weighted by Gasteiger charge is 2.27. The second-order valence-electron chi connectivity index (χ2n) is 10.9. The number of pyridine rings is 1. The minimum atomic E-state index is -0.924. The SMILES string of the molecule is CCOC(=O)C[C@@H](NC(=O)C(Nc1ccc2c(N)nccc2c1)c1ccc(OC(C)C)c(OCC)c1)c1cccc(NC(C)=O)c1. The molecule has 0 bridgehead atoms. The Morgan fingerprint density at radius 2 is 1.70 bits per heavy atom. The number of hydrogen-bond acceptors (Lipinski definition) is 9. The van der Waals surface area contributed by atoms with Gasteiger partial charge in [0.15, 0.2) is 11.5 Å². The Labute approximate surface area is 268 Å². The van der Waals surface area contributed by atoms with Crippen LogP contribution in [0, 0.1) is 0 Å². The summed E-state index contributed by atoms with van der Waals surface area (Å²) in [5, 5.41) is 10.8. The van der Waals surface area contributed by atoms with Crippen LogP contribution in [-0.4, -0.2) is 42.1 Å². The molecule has 1 aromatic heterocycles. The number of carbonyl (C=O) groups is 3. The number of aromatic nitrogens is 1. The van der Waals surface area contributed by atoms with E-state index in [0.29, 0.717) is 46.4 Å². The van der Waals surface area contributed by atoms with Crippen molar-refractivity contribution in [3.8, 4) is 11.5 Å². The maximum absolute atomic E-state index is 14.3. The van der Waals surface area contributed by atoms with Gasteiger partial charge < -0.3 is 35.9 Å². The number of ether oxygens (including phenoxy) is 3. The van der Waals surface area contributed by atoms with Crippen LogP contribution in [0.4, 0.5) is 17.2 Å². The number of nitrogens with zero attached hydrogens (tertiary/aromatic N) is 1. The van der Waals surface area contributed by atoms with Gasteiger partial charge in [0.25, 0.3) is 0 Å². The number of hydrogen-bond donors (Lipinski definition) is 4. The molecule has 0 saturated carbocycles. The van der Waals surface area contributed by atoms with Crippen molar-refractivity contribution in [2.45, 2.75) is 59.2 Å². The van der Waals surface area contributed by atoms with Crippen LogP contribution in [0.2, 0.25) is 0 Å². The molecular formula is C35H41N5O6. The highest BCUT2D eigenvalue weighted by molar-refractivity contribution is 5.94. The topological polar surface area (TPSA) is 154 Å². The lowest BCUT2D eigenvalue weighted by Crippen LogP contribution is -2.37. The zero-order chi connectivity index (χ0) is 33.2. The van der Waals surface area contributed by atoms with Crippen LogP contribution in [0.25, 0.3) is 10.8 Å². The van der Waals surface area contributed by atoms with Gasteiger partial charge in [-0.2, -0.15) is 0 Å². The van der Waals surface area contributed by atoms with Crippen LogP contribution in [0.15, 0.2) is 72.9 Å². The molecule has 0 spiro atoms. The zero-order valence-corrected chi connectivity index (χ0v) is 26.8. The van der Waals surface area contributed by atoms with Crippen molar-refractivity contribution in [1.29, 1.82) is 0 Å². The van der Waals surface area contributed by atoms with Gasteiger partial charge >= 0.3 is 5.97 Å². The molecule has 11 heteroatoms. The van der Waals surface area contributed by atoms with E-state index in [1.807, 2.05) is 45.0 Å². The number of fused-ring (bicyclic) bond motifs is 1. The van der Waals surface area contributed by atoms with Crippen LogP contribution in [0.5, 0.6) is 11.5 Å². The number of esters is 1. The number of nitrogen functional groups attached to an aromatic ring is 1. The third-order valence-electron chi connectivity index (χ3n) is 6.93. The monoisotopic (exact) mass is 627 g/mol. The Kier molecular flexibility index (Phi) is 11.4. The lowest BCUT2D eigenvalue weighted by atomic mass is 10.00. The maximum atomic E-state index is 14.3. The number of benzene rings is 3. The number of rotatable bonds is 14. The summed E-state index contributed by atoms with van der Waals surface area (Å²) in [7, 11) is 0. The van der Waals surface area contributed by atoms with Crippen molar-refractivity contribution in [3.63, 3.8) is 0 Å². The van der Waals surface area contributed by atoms with E-state index in [0.717, 1.165) is 10.8 Å². The number of anilines is 3. The molecule has 242 valence electrons. The molecule has 0 aliphatic carbocycles. The summed E-state index contributed by atoms with van der Waals surface area (Å²) in [6, 6.07) is 18.1. The summed E-state index contributed by atoms with van der Waals surface area (Å²) in [6.07, 6.45) is 1.42. The summed E-state index contributed by atoms with van der Waals surface area (Å²) in [5.41, 5.74) is 8.49. The molecule has 1 heterocycles. The second kappa shape index (κ2) is 15.6. The van der Waals surface area contributed by atoms with Gasteiger partial charge in [-0.05, 0) is 92.7 Å². The zero-order valence-electron chi connectivity index (χ0n) is 26.8. The van der Waals surface area contributed by atoms with Crippen LogP contribution < -0.4 is 31.2 Å². The molecule has 46 heavy (non-hydrogen) atoms. The van der Waals surface area contributed by atoms with Gasteiger partial charge in [0, 0.05) is 29.9 Å². The number of nitrogens with one attached hydrogen (secondary N) is 3. The van der Waals surface area contributed by atoms with Crippen molar-refractivity contribution in [3.05, 3.63) is 84.1 Å². The minimum absolute atomic E-state index is 0.0845. The molecule has 1 unspecified atom stereocenters. The summed E-state index contributed by atoms with van der Waals surface area (Å²) in [4.78, 5) is 42.9. The van der Waals surface area contributed by atoms with Gasteiger partial charge in [-0.15, -0.1) is 0 Å². The summed E-state index contributed by atoms with van der Waals surface area (Å²) in [6.45, 7) is 9.45. The Balaban J connectivity index is 1.75. The average molecular weight is 628 g/mol. The molecule has 2 atom stereocenters. The summed E-state index contributed by atoms with van der Waals surface area (Å²) < 4.78 is 17.1. The van der Waals surface area contributed by atoms with E-state index < -0.39 is 24.0 Å². The molecular weight excluding hydrogens is 586 g/mol. The molecule has 5 N–H and O–H groups in total. The molecule has 2 amide bonds. The first-order valence-corrected chi connectivity index (χ1v) is 15.3. The molecule has 0 fully saturated rings. The van der Waals surface area contributed by atoms with Crippen molar-refractivity contribution >= 4 is 45.7 Å². The van der Waals surface area contributed by atoms with Crippen molar-refractivity contribution in [1.82, 2.24) is 10.3 Å². The predicted octanol–water partition coefficient (Wildman–Crippen LogP) is 5.93. The van der Waals surface area contributed by atoms with Gasteiger partial charge in [-0.1, -0.05) is 18.2 Å². The van der Waals surface area contributed by atoms with E-state index >= 15 is 0 Å². The molecule has 3 aromatic carbocycles. The molecule has 4 aromatic rings. The van der Waals surface area contributed by atoms with E-state index in [1.54, 1.807) is 55.6 Å². The molecule has 11 nitrogen and oxygen atoms in total. The number of carbonyl (C=O) groups excluding carboxylic acids is 3. The van der Waals surface area contributed by atoms with Crippen LogP contribution >= 0.6 is 0 Å². The van der Waals surface area contributed by atoms with E-state index in [1.165, 1.54) is 6.92 Å². The Hall–Kier alpha value is -5.32. The summed E-state index contributed by atoms with van der Waals surface area (Å²) >= 11 is 0. The third kappa shape index (κ3) is 8.87. The Morgan fingerprint density at radius 1 is 0.891 bits per heavy atom. The van der Waals surface area contributed by atoms with E-state index in [4.69, 9.17) is 19.9 Å². The smallest absolute Gasteiger partial charge is 0.308 e. The van der Waals surface area contributed by atoms with Gasteiger partial charge in [0.1, 0.15) is 11.9 Å². The van der Waals surface area contributed by atoms with Gasteiger partial charge in [-0.3, -0.25) is 14.4 Å². The summed E-state index contributed by atoms with van der Waals surface area (Å²) in [5.74, 6) is 0.338. The third-order valence-corrected chi connectivity index (χ3v) is 6.93. The highest BCUT2D eigenvalue weighted by atomic mass is 16.5. The second-order valence-corrected chi connectivity index (χ2v) is 10.9. The first-order chi connectivity index (χ1) is 22.1. The number of nitrogens with two attached hydrogens (primary N) is 1. The first kappa shape index (κ1) is 33.6. The fourth-order valence-electron chi connectivity index (χ4n) is 5.01. The predicted molar refractivity (Wildman–Crippen MR) is 179 cm³/mol. The first-order valence-electron chi connectivity index (χ1n) is 15.3. The molecule has 0 aliphatic rings. The lowest BCUT2D eigenvalue weighted by molar-refractivity contribution is -0.143. The number of amides is 2. The Morgan fingerprint density at radius 3 is 2.41 bits per heavy atom. The fraction of sp³-hybridized carbons (Fsp3) is 0.314. The van der Waals surface area contributed by atoms with Gasteiger partial charge in [0.05, 0.1) is 31.8 Å². The maximum Gasteiger partial charge on any atom is 0.308 e. The van der Waals surface area contributed by atoms with E-state index in [-0.39, 0.29) is 25.0 Å². The lowest BCUT2D eigenvalue weighted by Gasteiger charge is -2.26. The normalized spacial score (nSPS) is 12.2.